The fraction of sp³-hybridized carbons (Fsp3) is 0.308. The van der Waals surface area contributed by atoms with Crippen LogP contribution >= 0.6 is 0 Å². The molecule has 4 N–H and O–H groups in total. The molecule has 1 aromatic carbocycles. The van der Waals surface area contributed by atoms with Crippen LogP contribution in [0.2, 0.25) is 0 Å². The van der Waals surface area contributed by atoms with Crippen LogP contribution in [-0.4, -0.2) is 36.0 Å². The molecule has 0 fully saturated rings. The van der Waals surface area contributed by atoms with Gasteiger partial charge in [-0.3, -0.25) is 9.59 Å². The molecule has 0 saturated heterocycles. The third-order valence-electron chi connectivity index (χ3n) is 2.38. The summed E-state index contributed by atoms with van der Waals surface area (Å²) in [4.78, 5) is 33.7. The van der Waals surface area contributed by atoms with Crippen molar-refractivity contribution in [2.24, 2.45) is 0 Å². The zero-order valence-corrected chi connectivity index (χ0v) is 11.3. The fourth-order valence-corrected chi connectivity index (χ4v) is 1.54. The van der Waals surface area contributed by atoms with E-state index in [1.807, 2.05) is 6.92 Å². The number of hydrogen-bond acceptors (Lipinski definition) is 4. The van der Waals surface area contributed by atoms with Gasteiger partial charge in [0.05, 0.1) is 17.8 Å². The molecule has 20 heavy (non-hydrogen) atoms. The lowest BCUT2D eigenvalue weighted by atomic mass is 10.1. The van der Waals surface area contributed by atoms with Crippen LogP contribution in [-0.2, 0) is 9.59 Å². The molecule has 1 rings (SSSR count). The van der Waals surface area contributed by atoms with Crippen molar-refractivity contribution in [3.63, 3.8) is 0 Å². The van der Waals surface area contributed by atoms with Crippen molar-refractivity contribution in [3.8, 4) is 0 Å². The van der Waals surface area contributed by atoms with Gasteiger partial charge in [0.1, 0.15) is 0 Å². The molecular weight excluding hydrogens is 262 g/mol. The third kappa shape index (κ3) is 4.69. The van der Waals surface area contributed by atoms with Gasteiger partial charge < -0.3 is 21.1 Å². The lowest BCUT2D eigenvalue weighted by molar-refractivity contribution is -0.115. The van der Waals surface area contributed by atoms with Crippen molar-refractivity contribution in [2.45, 2.75) is 13.8 Å². The molecule has 0 unspecified atom stereocenters. The van der Waals surface area contributed by atoms with E-state index in [4.69, 9.17) is 5.11 Å². The zero-order chi connectivity index (χ0) is 15.1. The second-order valence-corrected chi connectivity index (χ2v) is 4.08. The van der Waals surface area contributed by atoms with Crippen LogP contribution < -0.4 is 16.0 Å². The van der Waals surface area contributed by atoms with Gasteiger partial charge in [-0.05, 0) is 24.7 Å². The highest BCUT2D eigenvalue weighted by molar-refractivity contribution is 6.02. The number of amides is 2. The average Bonchev–Trinajstić information content (AvgIpc) is 2.37. The Morgan fingerprint density at radius 3 is 2.45 bits per heavy atom. The average molecular weight is 279 g/mol. The van der Waals surface area contributed by atoms with Crippen molar-refractivity contribution < 1.29 is 19.5 Å². The first-order chi connectivity index (χ1) is 9.43. The number of carbonyl (C=O) groups excluding carboxylic acids is 2. The van der Waals surface area contributed by atoms with Crippen LogP contribution in [0.15, 0.2) is 18.2 Å². The molecule has 0 saturated carbocycles. The Labute approximate surface area is 116 Å². The lowest BCUT2D eigenvalue weighted by Crippen LogP contribution is -2.28. The van der Waals surface area contributed by atoms with Crippen molar-refractivity contribution in [1.82, 2.24) is 5.32 Å². The smallest absolute Gasteiger partial charge is 0.337 e. The van der Waals surface area contributed by atoms with E-state index in [1.54, 1.807) is 0 Å². The SMILES string of the molecule is CCNCC(=O)Nc1ccc(NC(C)=O)cc1C(=O)O. The van der Waals surface area contributed by atoms with Crippen LogP contribution in [0, 0.1) is 0 Å². The first-order valence-electron chi connectivity index (χ1n) is 6.09. The Balaban J connectivity index is 2.92. The van der Waals surface area contributed by atoms with E-state index in [-0.39, 0.29) is 29.6 Å². The number of carbonyl (C=O) groups is 3. The molecule has 7 heteroatoms. The lowest BCUT2D eigenvalue weighted by Gasteiger charge is -2.11. The molecule has 0 atom stereocenters. The van der Waals surface area contributed by atoms with Crippen LogP contribution in [0.3, 0.4) is 0 Å². The summed E-state index contributed by atoms with van der Waals surface area (Å²) in [5, 5.41) is 17.0. The minimum Gasteiger partial charge on any atom is -0.478 e. The third-order valence-corrected chi connectivity index (χ3v) is 2.38. The van der Waals surface area contributed by atoms with Gasteiger partial charge >= 0.3 is 5.97 Å². The molecule has 7 nitrogen and oxygen atoms in total. The summed E-state index contributed by atoms with van der Waals surface area (Å²) in [7, 11) is 0. The number of anilines is 2. The highest BCUT2D eigenvalue weighted by Crippen LogP contribution is 2.20. The normalized spacial score (nSPS) is 9.90. The summed E-state index contributed by atoms with van der Waals surface area (Å²) in [5.74, 6) is -1.82. The van der Waals surface area contributed by atoms with Gasteiger partial charge in [-0.1, -0.05) is 6.92 Å². The van der Waals surface area contributed by atoms with Crippen LogP contribution in [0.25, 0.3) is 0 Å². The number of aromatic carboxylic acids is 1. The maximum Gasteiger partial charge on any atom is 0.337 e. The van der Waals surface area contributed by atoms with E-state index in [1.165, 1.54) is 25.1 Å². The summed E-state index contributed by atoms with van der Waals surface area (Å²) >= 11 is 0. The van der Waals surface area contributed by atoms with Gasteiger partial charge in [-0.15, -0.1) is 0 Å². The fourth-order valence-electron chi connectivity index (χ4n) is 1.54. The predicted molar refractivity (Wildman–Crippen MR) is 74.9 cm³/mol. The van der Waals surface area contributed by atoms with Gasteiger partial charge in [0, 0.05) is 12.6 Å². The molecule has 1 aromatic rings. The molecule has 108 valence electrons. The number of benzene rings is 1. The first-order valence-corrected chi connectivity index (χ1v) is 6.09. The number of nitrogens with one attached hydrogen (secondary N) is 3. The summed E-state index contributed by atoms with van der Waals surface area (Å²) in [6, 6.07) is 4.27. The molecule has 2 amide bonds. The molecule has 0 spiro atoms. The second kappa shape index (κ2) is 7.25. The molecule has 0 aliphatic rings. The van der Waals surface area contributed by atoms with E-state index >= 15 is 0 Å². The Hall–Kier alpha value is -2.41. The molecule has 0 aliphatic heterocycles. The maximum atomic E-state index is 11.6. The van der Waals surface area contributed by atoms with Gasteiger partial charge in [0.2, 0.25) is 11.8 Å². The number of carboxylic acid groups (broad SMARTS) is 1. The quantitative estimate of drug-likeness (QED) is 0.618. The summed E-state index contributed by atoms with van der Waals surface area (Å²) in [5.41, 5.74) is 0.468. The summed E-state index contributed by atoms with van der Waals surface area (Å²) in [6.07, 6.45) is 0. The van der Waals surface area contributed by atoms with Crippen LogP contribution in [0.4, 0.5) is 11.4 Å². The second-order valence-electron chi connectivity index (χ2n) is 4.08. The zero-order valence-electron chi connectivity index (χ0n) is 11.3. The minimum absolute atomic E-state index is 0.0823. The van der Waals surface area contributed by atoms with Crippen molar-refractivity contribution in [1.29, 1.82) is 0 Å². The van der Waals surface area contributed by atoms with Gasteiger partial charge in [-0.25, -0.2) is 4.79 Å². The Morgan fingerprint density at radius 2 is 1.90 bits per heavy atom. The maximum absolute atomic E-state index is 11.6. The topological polar surface area (TPSA) is 108 Å². The molecule has 0 heterocycles. The number of likely N-dealkylation sites (N-methyl/N-ethyl adjacent to an activating group) is 1. The van der Waals surface area contributed by atoms with Crippen molar-refractivity contribution in [2.75, 3.05) is 23.7 Å². The van der Waals surface area contributed by atoms with E-state index in [0.29, 0.717) is 12.2 Å². The highest BCUT2D eigenvalue weighted by atomic mass is 16.4. The molecule has 0 aromatic heterocycles. The Bertz CT molecular complexity index is 528. The van der Waals surface area contributed by atoms with E-state index < -0.39 is 5.97 Å². The van der Waals surface area contributed by atoms with Crippen LogP contribution in [0.5, 0.6) is 0 Å². The number of hydrogen-bond donors (Lipinski definition) is 4. The van der Waals surface area contributed by atoms with Gasteiger partial charge in [0.25, 0.3) is 0 Å². The highest BCUT2D eigenvalue weighted by Gasteiger charge is 2.13. The number of carboxylic acids is 1. The Morgan fingerprint density at radius 1 is 1.20 bits per heavy atom. The van der Waals surface area contributed by atoms with E-state index in [2.05, 4.69) is 16.0 Å². The van der Waals surface area contributed by atoms with Crippen molar-refractivity contribution >= 4 is 29.2 Å². The molecular formula is C13H17N3O4. The van der Waals surface area contributed by atoms with E-state index in [9.17, 15) is 14.4 Å². The molecule has 0 radical (unpaired) electrons. The molecule has 0 aliphatic carbocycles. The molecule has 0 bridgehead atoms. The first kappa shape index (κ1) is 15.6. The summed E-state index contributed by atoms with van der Waals surface area (Å²) in [6.45, 7) is 3.93. The largest absolute Gasteiger partial charge is 0.478 e. The Kier molecular flexibility index (Phi) is 5.67. The van der Waals surface area contributed by atoms with E-state index in [0.717, 1.165) is 0 Å². The monoisotopic (exact) mass is 279 g/mol. The van der Waals surface area contributed by atoms with Crippen LogP contribution in [0.1, 0.15) is 24.2 Å². The van der Waals surface area contributed by atoms with Gasteiger partial charge in [-0.2, -0.15) is 0 Å². The summed E-state index contributed by atoms with van der Waals surface area (Å²) < 4.78 is 0. The standard InChI is InChI=1S/C13H17N3O4/c1-3-14-7-12(18)16-11-5-4-9(15-8(2)17)6-10(11)13(19)20/h4-6,14H,3,7H2,1-2H3,(H,15,17)(H,16,18)(H,19,20). The minimum atomic E-state index is -1.18. The van der Waals surface area contributed by atoms with Crippen molar-refractivity contribution in [3.05, 3.63) is 23.8 Å². The predicted octanol–water partition coefficient (Wildman–Crippen LogP) is 0.891. The van der Waals surface area contributed by atoms with Gasteiger partial charge in [0.15, 0.2) is 0 Å². The number of rotatable bonds is 6.